The van der Waals surface area contributed by atoms with Crippen LogP contribution >= 0.6 is 0 Å². The first-order valence-electron chi connectivity index (χ1n) is 6.60. The molecule has 0 saturated carbocycles. The van der Waals surface area contributed by atoms with E-state index in [2.05, 4.69) is 9.55 Å². The summed E-state index contributed by atoms with van der Waals surface area (Å²) in [6.07, 6.45) is 0. The van der Waals surface area contributed by atoms with Gasteiger partial charge in [0.05, 0.1) is 30.9 Å². The van der Waals surface area contributed by atoms with Gasteiger partial charge in [-0.05, 0) is 25.1 Å². The lowest BCUT2D eigenvalue weighted by Gasteiger charge is -2.11. The monoisotopic (exact) mass is 283 g/mol. The Morgan fingerprint density at radius 3 is 2.29 bits per heavy atom. The second kappa shape index (κ2) is 5.01. The van der Waals surface area contributed by atoms with Crippen LogP contribution in [0, 0.1) is 6.92 Å². The van der Waals surface area contributed by atoms with Crippen molar-refractivity contribution < 1.29 is 9.47 Å². The Kier molecular flexibility index (Phi) is 3.17. The Hall–Kier alpha value is -2.69. The molecule has 3 rings (SSSR count). The minimum absolute atomic E-state index is 0.704. The van der Waals surface area contributed by atoms with Gasteiger partial charge in [-0.3, -0.25) is 4.57 Å². The van der Waals surface area contributed by atoms with Gasteiger partial charge in [-0.25, -0.2) is 4.98 Å². The quantitative estimate of drug-likeness (QED) is 0.751. The number of benzene rings is 2. The van der Waals surface area contributed by atoms with Crippen molar-refractivity contribution >= 4 is 16.7 Å². The Balaban J connectivity index is 2.27. The first-order chi connectivity index (χ1) is 10.1. The van der Waals surface area contributed by atoms with Gasteiger partial charge in [0.25, 0.3) is 0 Å². The van der Waals surface area contributed by atoms with Crippen molar-refractivity contribution in [2.75, 3.05) is 20.0 Å². The fourth-order valence-corrected chi connectivity index (χ4v) is 2.47. The summed E-state index contributed by atoms with van der Waals surface area (Å²) in [5.74, 6) is 2.35. The highest BCUT2D eigenvalue weighted by atomic mass is 16.5. The lowest BCUT2D eigenvalue weighted by molar-refractivity contribution is 0.394. The maximum atomic E-state index is 5.82. The standard InChI is InChI=1S/C16H17N3O2/c1-10-18-15-6-11(17)4-5-16(15)19(10)12-7-13(20-2)9-14(8-12)21-3/h4-9H,17H2,1-3H3. The number of imidazole rings is 1. The van der Waals surface area contributed by atoms with Gasteiger partial charge in [0, 0.05) is 23.9 Å². The van der Waals surface area contributed by atoms with Gasteiger partial charge < -0.3 is 15.2 Å². The van der Waals surface area contributed by atoms with Crippen LogP contribution in [0.4, 0.5) is 5.69 Å². The molecule has 0 spiro atoms. The van der Waals surface area contributed by atoms with Gasteiger partial charge in [0.2, 0.25) is 0 Å². The van der Waals surface area contributed by atoms with E-state index in [1.54, 1.807) is 14.2 Å². The van der Waals surface area contributed by atoms with E-state index in [0.29, 0.717) is 5.69 Å². The third-order valence-corrected chi connectivity index (χ3v) is 3.44. The molecule has 0 amide bonds. The molecule has 0 fully saturated rings. The molecule has 2 aromatic carbocycles. The zero-order valence-corrected chi connectivity index (χ0v) is 12.3. The number of ether oxygens (including phenoxy) is 2. The summed E-state index contributed by atoms with van der Waals surface area (Å²) in [6, 6.07) is 11.5. The van der Waals surface area contributed by atoms with Crippen LogP contribution in [-0.2, 0) is 0 Å². The summed E-state index contributed by atoms with van der Waals surface area (Å²) < 4.78 is 12.7. The van der Waals surface area contributed by atoms with Crippen LogP contribution in [0.1, 0.15) is 5.82 Å². The van der Waals surface area contributed by atoms with Gasteiger partial charge in [0.1, 0.15) is 17.3 Å². The molecule has 0 aliphatic rings. The number of anilines is 1. The van der Waals surface area contributed by atoms with Crippen molar-refractivity contribution in [3.05, 3.63) is 42.2 Å². The van der Waals surface area contributed by atoms with E-state index in [9.17, 15) is 0 Å². The summed E-state index contributed by atoms with van der Waals surface area (Å²) in [6.45, 7) is 1.96. The predicted octanol–water partition coefficient (Wildman–Crippen LogP) is 2.93. The molecule has 21 heavy (non-hydrogen) atoms. The number of hydrogen-bond donors (Lipinski definition) is 1. The van der Waals surface area contributed by atoms with Crippen molar-refractivity contribution in [2.45, 2.75) is 6.92 Å². The number of nitrogens with two attached hydrogens (primary N) is 1. The molecular weight excluding hydrogens is 266 g/mol. The van der Waals surface area contributed by atoms with Crippen molar-refractivity contribution in [3.63, 3.8) is 0 Å². The molecule has 0 atom stereocenters. The Bertz CT molecular complexity index is 786. The van der Waals surface area contributed by atoms with E-state index in [0.717, 1.165) is 34.0 Å². The number of aryl methyl sites for hydroxylation is 1. The van der Waals surface area contributed by atoms with E-state index in [1.807, 2.05) is 43.3 Å². The SMILES string of the molecule is COc1cc(OC)cc(-n2c(C)nc3cc(N)ccc32)c1. The molecule has 5 nitrogen and oxygen atoms in total. The second-order valence-corrected chi connectivity index (χ2v) is 4.81. The van der Waals surface area contributed by atoms with Gasteiger partial charge in [-0.15, -0.1) is 0 Å². The van der Waals surface area contributed by atoms with E-state index < -0.39 is 0 Å². The predicted molar refractivity (Wildman–Crippen MR) is 83.3 cm³/mol. The average molecular weight is 283 g/mol. The van der Waals surface area contributed by atoms with Crippen LogP contribution in [0.3, 0.4) is 0 Å². The van der Waals surface area contributed by atoms with Crippen molar-refractivity contribution in [1.29, 1.82) is 0 Å². The summed E-state index contributed by atoms with van der Waals surface area (Å²) in [4.78, 5) is 4.56. The topological polar surface area (TPSA) is 62.3 Å². The van der Waals surface area contributed by atoms with E-state index in [1.165, 1.54) is 0 Å². The van der Waals surface area contributed by atoms with E-state index in [4.69, 9.17) is 15.2 Å². The Morgan fingerprint density at radius 1 is 1.00 bits per heavy atom. The summed E-state index contributed by atoms with van der Waals surface area (Å²) in [7, 11) is 3.27. The Morgan fingerprint density at radius 2 is 1.67 bits per heavy atom. The van der Waals surface area contributed by atoms with Crippen molar-refractivity contribution in [1.82, 2.24) is 9.55 Å². The zero-order valence-electron chi connectivity index (χ0n) is 12.3. The number of aromatic nitrogens is 2. The molecule has 1 heterocycles. The Labute approximate surface area is 122 Å². The highest BCUT2D eigenvalue weighted by molar-refractivity contribution is 5.81. The van der Waals surface area contributed by atoms with Crippen molar-refractivity contribution in [2.24, 2.45) is 0 Å². The molecule has 3 aromatic rings. The van der Waals surface area contributed by atoms with Crippen LogP contribution in [0.2, 0.25) is 0 Å². The molecule has 0 saturated heterocycles. The summed E-state index contributed by atoms with van der Waals surface area (Å²) >= 11 is 0. The third-order valence-electron chi connectivity index (χ3n) is 3.44. The molecule has 0 radical (unpaired) electrons. The fourth-order valence-electron chi connectivity index (χ4n) is 2.47. The summed E-state index contributed by atoms with van der Waals surface area (Å²) in [5, 5.41) is 0. The molecule has 108 valence electrons. The van der Waals surface area contributed by atoms with Crippen LogP contribution < -0.4 is 15.2 Å². The first-order valence-corrected chi connectivity index (χ1v) is 6.60. The number of methoxy groups -OCH3 is 2. The van der Waals surface area contributed by atoms with Gasteiger partial charge in [-0.1, -0.05) is 0 Å². The van der Waals surface area contributed by atoms with Crippen LogP contribution in [0.5, 0.6) is 11.5 Å². The minimum atomic E-state index is 0.704. The van der Waals surface area contributed by atoms with Gasteiger partial charge in [0.15, 0.2) is 0 Å². The molecule has 0 bridgehead atoms. The molecule has 2 N–H and O–H groups in total. The maximum Gasteiger partial charge on any atom is 0.124 e. The van der Waals surface area contributed by atoms with Crippen LogP contribution in [0.15, 0.2) is 36.4 Å². The van der Waals surface area contributed by atoms with Gasteiger partial charge >= 0.3 is 0 Å². The number of nitrogens with zero attached hydrogens (tertiary/aromatic N) is 2. The number of nitrogen functional groups attached to an aromatic ring is 1. The number of hydrogen-bond acceptors (Lipinski definition) is 4. The normalized spacial score (nSPS) is 10.8. The molecular formula is C16H17N3O2. The lowest BCUT2D eigenvalue weighted by Crippen LogP contribution is -1.99. The highest BCUT2D eigenvalue weighted by Crippen LogP contribution is 2.29. The van der Waals surface area contributed by atoms with Crippen molar-refractivity contribution in [3.8, 4) is 17.2 Å². The molecule has 0 aliphatic carbocycles. The smallest absolute Gasteiger partial charge is 0.124 e. The largest absolute Gasteiger partial charge is 0.497 e. The molecule has 5 heteroatoms. The lowest BCUT2D eigenvalue weighted by atomic mass is 10.2. The highest BCUT2D eigenvalue weighted by Gasteiger charge is 2.11. The minimum Gasteiger partial charge on any atom is -0.497 e. The van der Waals surface area contributed by atoms with Crippen LogP contribution in [0.25, 0.3) is 16.7 Å². The fraction of sp³-hybridized carbons (Fsp3) is 0.188. The average Bonchev–Trinajstić information content (AvgIpc) is 2.81. The maximum absolute atomic E-state index is 5.82. The molecule has 0 unspecified atom stereocenters. The van der Waals surface area contributed by atoms with E-state index >= 15 is 0 Å². The van der Waals surface area contributed by atoms with E-state index in [-0.39, 0.29) is 0 Å². The molecule has 0 aliphatic heterocycles. The first kappa shape index (κ1) is 13.3. The zero-order chi connectivity index (χ0) is 15.0. The number of fused-ring (bicyclic) bond motifs is 1. The van der Waals surface area contributed by atoms with Crippen LogP contribution in [-0.4, -0.2) is 23.8 Å². The molecule has 1 aromatic heterocycles. The number of rotatable bonds is 3. The third kappa shape index (κ3) is 2.27. The van der Waals surface area contributed by atoms with Gasteiger partial charge in [-0.2, -0.15) is 0 Å². The summed E-state index contributed by atoms with van der Waals surface area (Å²) in [5.41, 5.74) is 9.34. The second-order valence-electron chi connectivity index (χ2n) is 4.81.